The van der Waals surface area contributed by atoms with Crippen LogP contribution in [-0.2, 0) is 5.41 Å². The Morgan fingerprint density at radius 2 is 1.90 bits per heavy atom. The van der Waals surface area contributed by atoms with Gasteiger partial charge in [-0.25, -0.2) is 28.2 Å². The molecule has 2 aromatic heterocycles. The number of fused-ring (bicyclic) bond motifs is 1. The predicted molar refractivity (Wildman–Crippen MR) is 101 cm³/mol. The molecule has 5 rings (SSSR count). The summed E-state index contributed by atoms with van der Waals surface area (Å²) in [7, 11) is 0. The van der Waals surface area contributed by atoms with Crippen molar-refractivity contribution in [3.05, 3.63) is 66.7 Å². The Labute approximate surface area is 165 Å². The summed E-state index contributed by atoms with van der Waals surface area (Å²) in [6, 6.07) is 10.2. The van der Waals surface area contributed by atoms with Crippen LogP contribution in [0, 0.1) is 5.92 Å². The molecule has 2 unspecified atom stereocenters. The number of carbonyl (C=O) groups excluding carboxylic acids is 1. The summed E-state index contributed by atoms with van der Waals surface area (Å²) in [5.41, 5.74) is -0.0512. The second-order valence-corrected chi connectivity index (χ2v) is 7.36. The Morgan fingerprint density at radius 3 is 2.62 bits per heavy atom. The smallest absolute Gasteiger partial charge is 0.321 e. The monoisotopic (exact) mass is 396 g/mol. The van der Waals surface area contributed by atoms with Crippen molar-refractivity contribution in [1.82, 2.24) is 24.6 Å². The second kappa shape index (κ2) is 6.33. The Kier molecular flexibility index (Phi) is 3.87. The van der Waals surface area contributed by atoms with Crippen LogP contribution in [-0.4, -0.2) is 49.7 Å². The largest absolute Gasteiger partial charge is 0.324 e. The third-order valence-corrected chi connectivity index (χ3v) is 5.89. The molecule has 3 aromatic rings. The van der Waals surface area contributed by atoms with Gasteiger partial charge < -0.3 is 10.2 Å². The Balaban J connectivity index is 1.28. The third-order valence-electron chi connectivity index (χ3n) is 5.89. The second-order valence-electron chi connectivity index (χ2n) is 7.36. The first kappa shape index (κ1) is 17.7. The van der Waals surface area contributed by atoms with Crippen molar-refractivity contribution in [1.29, 1.82) is 0 Å². The lowest BCUT2D eigenvalue weighted by Gasteiger charge is -2.30. The molecule has 1 saturated heterocycles. The summed E-state index contributed by atoms with van der Waals surface area (Å²) in [5.74, 6) is -3.30. The van der Waals surface area contributed by atoms with Gasteiger partial charge in [-0.1, -0.05) is 30.3 Å². The van der Waals surface area contributed by atoms with Crippen molar-refractivity contribution in [3.63, 3.8) is 0 Å². The van der Waals surface area contributed by atoms with E-state index in [4.69, 9.17) is 0 Å². The minimum absolute atomic E-state index is 0.0175. The van der Waals surface area contributed by atoms with Gasteiger partial charge in [0.2, 0.25) is 5.95 Å². The molecule has 2 amide bonds. The first-order valence-corrected chi connectivity index (χ1v) is 9.34. The fourth-order valence-corrected chi connectivity index (χ4v) is 4.33. The Morgan fingerprint density at radius 1 is 1.14 bits per heavy atom. The number of nitrogens with zero attached hydrogens (tertiary/aromatic N) is 5. The molecule has 2 fully saturated rings. The van der Waals surface area contributed by atoms with Crippen LogP contribution in [0.4, 0.5) is 19.3 Å². The summed E-state index contributed by atoms with van der Waals surface area (Å²) >= 11 is 0. The van der Waals surface area contributed by atoms with Crippen molar-refractivity contribution in [3.8, 4) is 5.95 Å². The number of hydrogen-bond acceptors (Lipinski definition) is 4. The van der Waals surface area contributed by atoms with Crippen molar-refractivity contribution in [2.24, 2.45) is 5.92 Å². The lowest BCUT2D eigenvalue weighted by molar-refractivity contribution is 0.0777. The van der Waals surface area contributed by atoms with Crippen LogP contribution in [0.5, 0.6) is 0 Å². The molecule has 9 heteroatoms. The molecule has 7 nitrogen and oxygen atoms in total. The molecule has 3 heterocycles. The van der Waals surface area contributed by atoms with Crippen molar-refractivity contribution < 1.29 is 13.6 Å². The van der Waals surface area contributed by atoms with Gasteiger partial charge in [0.05, 0.1) is 29.4 Å². The average Bonchev–Trinajstić information content (AvgIpc) is 3.04. The molecule has 0 radical (unpaired) electrons. The van der Waals surface area contributed by atoms with E-state index in [1.54, 1.807) is 48.9 Å². The molecule has 1 saturated carbocycles. The molecule has 1 N–H and O–H groups in total. The summed E-state index contributed by atoms with van der Waals surface area (Å²) in [5, 5.41) is 6.84. The fraction of sp³-hybridized carbons (Fsp3) is 0.300. The molecule has 0 spiro atoms. The van der Waals surface area contributed by atoms with Crippen LogP contribution in [0.25, 0.3) is 5.95 Å². The van der Waals surface area contributed by atoms with E-state index >= 15 is 0 Å². The molecule has 1 aliphatic carbocycles. The van der Waals surface area contributed by atoms with E-state index in [0.717, 1.165) is 0 Å². The molecule has 1 aromatic carbocycles. The summed E-state index contributed by atoms with van der Waals surface area (Å²) < 4.78 is 30.9. The first-order chi connectivity index (χ1) is 14.0. The maximum atomic E-state index is 14.7. The van der Waals surface area contributed by atoms with E-state index in [1.165, 1.54) is 15.8 Å². The van der Waals surface area contributed by atoms with Crippen molar-refractivity contribution >= 4 is 11.7 Å². The SMILES string of the molecule is O=C(Nc1cnn(-c2ncccn2)c1)N1CCC2(c3ccccc3)C(C1)C2(F)F. The van der Waals surface area contributed by atoms with Crippen LogP contribution >= 0.6 is 0 Å². The fourth-order valence-electron chi connectivity index (χ4n) is 4.33. The number of hydrogen-bond donors (Lipinski definition) is 1. The molecule has 148 valence electrons. The van der Waals surface area contributed by atoms with Gasteiger partial charge in [-0.05, 0) is 18.1 Å². The number of aromatic nitrogens is 4. The zero-order valence-corrected chi connectivity index (χ0v) is 15.4. The Hall–Kier alpha value is -3.36. The highest BCUT2D eigenvalue weighted by molar-refractivity contribution is 5.89. The number of likely N-dealkylation sites (tertiary alicyclic amines) is 1. The lowest BCUT2D eigenvalue weighted by atomic mass is 9.87. The van der Waals surface area contributed by atoms with Crippen molar-refractivity contribution in [2.45, 2.75) is 17.8 Å². The minimum Gasteiger partial charge on any atom is -0.324 e. The van der Waals surface area contributed by atoms with E-state index < -0.39 is 23.3 Å². The van der Waals surface area contributed by atoms with E-state index in [-0.39, 0.29) is 19.5 Å². The lowest BCUT2D eigenvalue weighted by Crippen LogP contribution is -2.42. The van der Waals surface area contributed by atoms with Gasteiger partial charge in [-0.2, -0.15) is 5.10 Å². The molecule has 0 bridgehead atoms. The third kappa shape index (κ3) is 2.68. The number of anilines is 1. The van der Waals surface area contributed by atoms with E-state index in [1.807, 2.05) is 6.07 Å². The summed E-state index contributed by atoms with van der Waals surface area (Å²) in [4.78, 5) is 22.2. The van der Waals surface area contributed by atoms with E-state index in [2.05, 4.69) is 20.4 Å². The van der Waals surface area contributed by atoms with Crippen LogP contribution in [0.15, 0.2) is 61.2 Å². The normalized spacial score (nSPS) is 24.6. The average molecular weight is 396 g/mol. The van der Waals surface area contributed by atoms with Crippen LogP contribution in [0.3, 0.4) is 0 Å². The molecule has 29 heavy (non-hydrogen) atoms. The van der Waals surface area contributed by atoms with Crippen molar-refractivity contribution in [2.75, 3.05) is 18.4 Å². The number of benzene rings is 1. The van der Waals surface area contributed by atoms with Gasteiger partial charge in [0.1, 0.15) is 0 Å². The number of nitrogens with one attached hydrogen (secondary N) is 1. The van der Waals surface area contributed by atoms with E-state index in [9.17, 15) is 13.6 Å². The number of carbonyl (C=O) groups is 1. The van der Waals surface area contributed by atoms with Crippen LogP contribution in [0.2, 0.25) is 0 Å². The minimum atomic E-state index is -2.81. The van der Waals surface area contributed by atoms with Gasteiger partial charge in [0.25, 0.3) is 5.92 Å². The Bertz CT molecular complexity index is 1040. The number of piperidine rings is 1. The predicted octanol–water partition coefficient (Wildman–Crippen LogP) is 3.10. The zero-order chi connectivity index (χ0) is 20.1. The zero-order valence-electron chi connectivity index (χ0n) is 15.4. The quantitative estimate of drug-likeness (QED) is 0.738. The van der Waals surface area contributed by atoms with E-state index in [0.29, 0.717) is 17.2 Å². The molecule has 2 aliphatic rings. The van der Waals surface area contributed by atoms with Gasteiger partial charge in [0, 0.05) is 25.5 Å². The van der Waals surface area contributed by atoms with Crippen LogP contribution in [0.1, 0.15) is 12.0 Å². The maximum Gasteiger partial charge on any atom is 0.321 e. The summed E-state index contributed by atoms with van der Waals surface area (Å²) in [6.45, 7) is 0.284. The topological polar surface area (TPSA) is 75.9 Å². The highest BCUT2D eigenvalue weighted by Crippen LogP contribution is 2.70. The first-order valence-electron chi connectivity index (χ1n) is 9.34. The number of alkyl halides is 2. The highest BCUT2D eigenvalue weighted by Gasteiger charge is 2.81. The molecular weight excluding hydrogens is 378 g/mol. The van der Waals surface area contributed by atoms with Gasteiger partial charge in [0.15, 0.2) is 0 Å². The van der Waals surface area contributed by atoms with Gasteiger partial charge >= 0.3 is 6.03 Å². The number of urea groups is 1. The van der Waals surface area contributed by atoms with Gasteiger partial charge in [-0.3, -0.25) is 0 Å². The standard InChI is InChI=1S/C20H18F2N6O/c21-20(22)16-13-27(10-7-19(16,20)14-5-2-1-3-6-14)18(29)26-15-11-25-28(12-15)17-23-8-4-9-24-17/h1-6,8-9,11-12,16H,7,10,13H2,(H,26,29). The maximum absolute atomic E-state index is 14.7. The molecule has 1 aliphatic heterocycles. The number of rotatable bonds is 3. The highest BCUT2D eigenvalue weighted by atomic mass is 19.3. The van der Waals surface area contributed by atoms with Gasteiger partial charge in [-0.15, -0.1) is 0 Å². The number of halogens is 2. The molecule has 2 atom stereocenters. The number of amides is 2. The summed E-state index contributed by atoms with van der Waals surface area (Å²) in [6.07, 6.45) is 6.46. The molecular formula is C20H18F2N6O. The van der Waals surface area contributed by atoms with Crippen LogP contribution < -0.4 is 5.32 Å².